The Labute approximate surface area is 310 Å². The van der Waals surface area contributed by atoms with E-state index in [1.165, 1.54) is 44.3 Å². The number of nitrogens with one attached hydrogen (secondary N) is 1. The van der Waals surface area contributed by atoms with Crippen LogP contribution in [0.4, 0.5) is 4.39 Å². The number of aldehydes is 1. The minimum Gasteiger partial charge on any atom is -0.507 e. The van der Waals surface area contributed by atoms with Gasteiger partial charge < -0.3 is 36.7 Å². The Balaban J connectivity index is 2.13. The molecule has 0 fully saturated rings. The number of aryl methyl sites for hydroxylation is 3. The van der Waals surface area contributed by atoms with Gasteiger partial charge in [-0.15, -0.1) is 0 Å². The van der Waals surface area contributed by atoms with Gasteiger partial charge in [0.05, 0.1) is 18.7 Å². The lowest BCUT2D eigenvalue weighted by molar-refractivity contribution is -0.156. The molecular formula is C40H52FN5O7. The Kier molecular flexibility index (Phi) is 15.8. The van der Waals surface area contributed by atoms with Crippen molar-refractivity contribution < 1.29 is 38.6 Å². The molecule has 0 radical (unpaired) electrons. The summed E-state index contributed by atoms with van der Waals surface area (Å²) in [6.07, 6.45) is 1.37. The SMILES string of the molecule is Cc1cc(-c2cc(C[C@@H](C(=O)N(C(=O)CCc3ccc(F)cc3)[C@@H](C=O)CCCCN)N(C)C(=O)[C@H](CO)NC(=O)[C@H](C)N)ccc2O)cc(C)c1C. The third-order valence-corrected chi connectivity index (χ3v) is 9.53. The first kappa shape index (κ1) is 42.4. The van der Waals surface area contributed by atoms with Gasteiger partial charge in [0.1, 0.15) is 29.9 Å². The number of carbonyl (C=O) groups is 5. The van der Waals surface area contributed by atoms with E-state index in [1.807, 2.05) is 32.9 Å². The summed E-state index contributed by atoms with van der Waals surface area (Å²) in [6.45, 7) is 6.85. The van der Waals surface area contributed by atoms with Crippen molar-refractivity contribution >= 4 is 29.9 Å². The van der Waals surface area contributed by atoms with Crippen molar-refractivity contribution in [2.24, 2.45) is 11.5 Å². The number of rotatable bonds is 18. The van der Waals surface area contributed by atoms with Crippen LogP contribution >= 0.6 is 0 Å². The van der Waals surface area contributed by atoms with Gasteiger partial charge >= 0.3 is 0 Å². The summed E-state index contributed by atoms with van der Waals surface area (Å²) in [6, 6.07) is 9.09. The lowest BCUT2D eigenvalue weighted by atomic mass is 9.93. The average Bonchev–Trinajstić information content (AvgIpc) is 3.13. The number of aromatic hydroxyl groups is 1. The lowest BCUT2D eigenvalue weighted by Crippen LogP contribution is -2.60. The van der Waals surface area contributed by atoms with Gasteiger partial charge in [-0.2, -0.15) is 0 Å². The Morgan fingerprint density at radius 2 is 1.57 bits per heavy atom. The van der Waals surface area contributed by atoms with Crippen molar-refractivity contribution in [1.29, 1.82) is 0 Å². The van der Waals surface area contributed by atoms with Crippen LogP contribution in [0.25, 0.3) is 11.1 Å². The maximum atomic E-state index is 14.8. The number of benzene rings is 3. The fraction of sp³-hybridized carbons (Fsp3) is 0.425. The highest BCUT2D eigenvalue weighted by atomic mass is 19.1. The second-order valence-corrected chi connectivity index (χ2v) is 13.5. The highest BCUT2D eigenvalue weighted by Gasteiger charge is 2.39. The van der Waals surface area contributed by atoms with E-state index in [9.17, 15) is 38.6 Å². The molecule has 0 heterocycles. The number of halogens is 1. The molecule has 0 saturated carbocycles. The minimum atomic E-state index is -1.48. The van der Waals surface area contributed by atoms with Gasteiger partial charge in [-0.05, 0) is 118 Å². The van der Waals surface area contributed by atoms with Gasteiger partial charge in [-0.1, -0.05) is 30.3 Å². The van der Waals surface area contributed by atoms with Crippen LogP contribution in [0.2, 0.25) is 0 Å². The van der Waals surface area contributed by atoms with Crippen LogP contribution in [0, 0.1) is 26.6 Å². The number of unbranched alkanes of at least 4 members (excludes halogenated alkanes) is 1. The fourth-order valence-electron chi connectivity index (χ4n) is 6.04. The van der Waals surface area contributed by atoms with Crippen LogP contribution in [0.1, 0.15) is 60.4 Å². The van der Waals surface area contributed by atoms with E-state index in [-0.39, 0.29) is 31.4 Å². The van der Waals surface area contributed by atoms with Gasteiger partial charge in [-0.25, -0.2) is 4.39 Å². The molecule has 3 rings (SSSR count). The van der Waals surface area contributed by atoms with Crippen molar-refractivity contribution in [1.82, 2.24) is 15.1 Å². The highest BCUT2D eigenvalue weighted by molar-refractivity contribution is 6.02. The van der Waals surface area contributed by atoms with E-state index in [1.54, 1.807) is 12.1 Å². The molecule has 0 aliphatic rings. The molecule has 53 heavy (non-hydrogen) atoms. The number of aliphatic hydroxyl groups excluding tert-OH is 1. The Morgan fingerprint density at radius 3 is 2.13 bits per heavy atom. The molecule has 7 N–H and O–H groups in total. The third kappa shape index (κ3) is 11.3. The Bertz CT molecular complexity index is 1740. The molecule has 0 saturated heterocycles. The van der Waals surface area contributed by atoms with Crippen LogP contribution in [-0.4, -0.2) is 94.3 Å². The van der Waals surface area contributed by atoms with Gasteiger partial charge in [0.15, 0.2) is 0 Å². The first-order chi connectivity index (χ1) is 25.1. The molecule has 3 aromatic rings. The molecule has 3 aromatic carbocycles. The summed E-state index contributed by atoms with van der Waals surface area (Å²) < 4.78 is 13.6. The molecule has 0 aromatic heterocycles. The number of amides is 4. The molecule has 0 unspecified atom stereocenters. The number of phenols is 1. The summed E-state index contributed by atoms with van der Waals surface area (Å²) in [7, 11) is 1.31. The molecule has 4 atom stereocenters. The van der Waals surface area contributed by atoms with Crippen LogP contribution < -0.4 is 16.8 Å². The molecule has 286 valence electrons. The van der Waals surface area contributed by atoms with E-state index >= 15 is 0 Å². The molecule has 12 nitrogen and oxygen atoms in total. The number of hydrogen-bond acceptors (Lipinski definition) is 9. The van der Waals surface area contributed by atoms with E-state index < -0.39 is 60.2 Å². The first-order valence-corrected chi connectivity index (χ1v) is 17.7. The number of nitrogens with zero attached hydrogens (tertiary/aromatic N) is 2. The number of phenolic OH excluding ortho intramolecular Hbond substituents is 1. The summed E-state index contributed by atoms with van der Waals surface area (Å²) in [5, 5.41) is 23.4. The van der Waals surface area contributed by atoms with Crippen molar-refractivity contribution in [3.63, 3.8) is 0 Å². The molecule has 0 spiro atoms. The van der Waals surface area contributed by atoms with Crippen molar-refractivity contribution in [2.75, 3.05) is 20.2 Å². The quantitative estimate of drug-likeness (QED) is 0.0965. The second-order valence-electron chi connectivity index (χ2n) is 13.5. The van der Waals surface area contributed by atoms with E-state index in [0.717, 1.165) is 32.1 Å². The Hall–Kier alpha value is -4.98. The minimum absolute atomic E-state index is 0.0128. The van der Waals surface area contributed by atoms with Crippen molar-refractivity contribution in [3.8, 4) is 16.9 Å². The number of nitrogens with two attached hydrogens (primary N) is 2. The zero-order chi connectivity index (χ0) is 39.4. The van der Waals surface area contributed by atoms with E-state index in [0.29, 0.717) is 42.4 Å². The topological polar surface area (TPSA) is 196 Å². The third-order valence-electron chi connectivity index (χ3n) is 9.53. The number of imide groups is 1. The van der Waals surface area contributed by atoms with Crippen LogP contribution in [0.3, 0.4) is 0 Å². The molecular weight excluding hydrogens is 681 g/mol. The largest absolute Gasteiger partial charge is 0.507 e. The maximum Gasteiger partial charge on any atom is 0.252 e. The zero-order valence-corrected chi connectivity index (χ0v) is 31.1. The lowest BCUT2D eigenvalue weighted by Gasteiger charge is -2.35. The predicted molar refractivity (Wildman–Crippen MR) is 200 cm³/mol. The van der Waals surface area contributed by atoms with Gasteiger partial charge in [0, 0.05) is 25.5 Å². The summed E-state index contributed by atoms with van der Waals surface area (Å²) in [4.78, 5) is 69.6. The number of aliphatic hydroxyl groups is 1. The Morgan fingerprint density at radius 1 is 0.943 bits per heavy atom. The van der Waals surface area contributed by atoms with Gasteiger partial charge in [-0.3, -0.25) is 24.1 Å². The molecule has 13 heteroatoms. The van der Waals surface area contributed by atoms with Gasteiger partial charge in [0.25, 0.3) is 5.91 Å². The smallest absolute Gasteiger partial charge is 0.252 e. The summed E-state index contributed by atoms with van der Waals surface area (Å²) in [5.74, 6) is -3.55. The second kappa shape index (κ2) is 19.7. The fourth-order valence-corrected chi connectivity index (χ4v) is 6.04. The zero-order valence-electron chi connectivity index (χ0n) is 31.1. The van der Waals surface area contributed by atoms with E-state index in [4.69, 9.17) is 11.5 Å². The number of likely N-dealkylation sites (N-methyl/N-ethyl adjacent to an activating group) is 1. The van der Waals surface area contributed by atoms with Crippen molar-refractivity contribution in [2.45, 2.75) is 90.4 Å². The summed E-state index contributed by atoms with van der Waals surface area (Å²) in [5.41, 5.74) is 16.8. The van der Waals surface area contributed by atoms with Crippen LogP contribution in [0.15, 0.2) is 54.6 Å². The molecule has 0 bridgehead atoms. The normalized spacial score (nSPS) is 13.4. The average molecular weight is 734 g/mol. The number of hydrogen-bond donors (Lipinski definition) is 5. The van der Waals surface area contributed by atoms with Crippen LogP contribution in [-0.2, 0) is 36.8 Å². The van der Waals surface area contributed by atoms with E-state index in [2.05, 4.69) is 5.32 Å². The molecule has 4 amide bonds. The standard InChI is InChI=1S/C40H52FN5O7/c1-24-18-30(19-25(2)26(24)3)33-20-29(11-15-36(33)49)21-35(45(5)39(52)34(23-48)44-38(51)27(4)43)40(53)46(32(22-47)8-6-7-17-42)37(50)16-12-28-9-13-31(41)14-10-28/h9-11,13-15,18-20,22,27,32,34-35,48-49H,6-8,12,16-17,21,23,42-43H2,1-5H3,(H,44,51)/t27-,32+,34-,35-/m0/s1. The van der Waals surface area contributed by atoms with Crippen LogP contribution in [0.5, 0.6) is 5.75 Å². The number of carbonyl (C=O) groups excluding carboxylic acids is 5. The van der Waals surface area contributed by atoms with Gasteiger partial charge in [0.2, 0.25) is 17.7 Å². The maximum absolute atomic E-state index is 14.8. The molecule has 0 aliphatic carbocycles. The predicted octanol–water partition coefficient (Wildman–Crippen LogP) is 3.00. The van der Waals surface area contributed by atoms with Crippen molar-refractivity contribution in [3.05, 3.63) is 88.2 Å². The summed E-state index contributed by atoms with van der Waals surface area (Å²) >= 11 is 0. The highest BCUT2D eigenvalue weighted by Crippen LogP contribution is 2.33. The molecule has 0 aliphatic heterocycles. The first-order valence-electron chi connectivity index (χ1n) is 17.7. The monoisotopic (exact) mass is 733 g/mol.